The van der Waals surface area contributed by atoms with Crippen LogP contribution in [0, 0.1) is 11.3 Å². The molecule has 0 saturated carbocycles. The Morgan fingerprint density at radius 1 is 1.21 bits per heavy atom. The lowest BCUT2D eigenvalue weighted by molar-refractivity contribution is 0.0593. The van der Waals surface area contributed by atoms with E-state index in [0.29, 0.717) is 22.0 Å². The van der Waals surface area contributed by atoms with Crippen molar-refractivity contribution in [1.29, 1.82) is 5.26 Å². The molecule has 3 aromatic rings. The van der Waals surface area contributed by atoms with Gasteiger partial charge in [-0.25, -0.2) is 4.79 Å². The second-order valence-electron chi connectivity index (χ2n) is 5.79. The van der Waals surface area contributed by atoms with Crippen LogP contribution in [0.1, 0.15) is 26.4 Å². The number of nitrogens with zero attached hydrogens (tertiary/aromatic N) is 2. The van der Waals surface area contributed by atoms with Crippen LogP contribution >= 0.6 is 11.6 Å². The minimum atomic E-state index is -0.655. The van der Waals surface area contributed by atoms with Gasteiger partial charge in [-0.15, -0.1) is 0 Å². The van der Waals surface area contributed by atoms with Gasteiger partial charge in [0, 0.05) is 28.2 Å². The lowest BCUT2D eigenvalue weighted by atomic mass is 10.2. The summed E-state index contributed by atoms with van der Waals surface area (Å²) in [7, 11) is 1.24. The number of anilines is 2. The van der Waals surface area contributed by atoms with Crippen LogP contribution in [-0.2, 0) is 4.74 Å². The third-order valence-corrected chi connectivity index (χ3v) is 4.27. The normalized spacial score (nSPS) is 10.2. The SMILES string of the molecule is COC(=O)c1c(N)c(C#N)cn1-c1ccc(NC(=O)c2cccc(Cl)c2)cc1. The number of benzene rings is 2. The number of methoxy groups -OCH3 is 1. The third kappa shape index (κ3) is 3.68. The molecule has 0 unspecified atom stereocenters. The molecule has 0 saturated heterocycles. The Morgan fingerprint density at radius 3 is 2.54 bits per heavy atom. The van der Waals surface area contributed by atoms with Crippen molar-refractivity contribution in [3.05, 3.63) is 76.6 Å². The monoisotopic (exact) mass is 394 g/mol. The van der Waals surface area contributed by atoms with E-state index in [2.05, 4.69) is 5.32 Å². The molecular weight excluding hydrogens is 380 g/mol. The number of nitriles is 1. The number of carbonyl (C=O) groups excluding carboxylic acids is 2. The van der Waals surface area contributed by atoms with Crippen molar-refractivity contribution in [2.24, 2.45) is 0 Å². The number of carbonyl (C=O) groups is 2. The zero-order valence-corrected chi connectivity index (χ0v) is 15.5. The first-order chi connectivity index (χ1) is 13.4. The molecule has 3 N–H and O–H groups in total. The van der Waals surface area contributed by atoms with Crippen molar-refractivity contribution < 1.29 is 14.3 Å². The van der Waals surface area contributed by atoms with Gasteiger partial charge in [-0.1, -0.05) is 17.7 Å². The predicted octanol–water partition coefficient (Wildman–Crippen LogP) is 3.62. The quantitative estimate of drug-likeness (QED) is 0.656. The molecule has 0 spiro atoms. The molecule has 0 radical (unpaired) electrons. The van der Waals surface area contributed by atoms with Crippen LogP contribution in [0.5, 0.6) is 0 Å². The Balaban J connectivity index is 1.88. The summed E-state index contributed by atoms with van der Waals surface area (Å²) in [5, 5.41) is 12.4. The van der Waals surface area contributed by atoms with Crippen molar-refractivity contribution in [1.82, 2.24) is 4.57 Å². The van der Waals surface area contributed by atoms with Gasteiger partial charge in [0.15, 0.2) is 5.69 Å². The van der Waals surface area contributed by atoms with Gasteiger partial charge in [-0.2, -0.15) is 5.26 Å². The van der Waals surface area contributed by atoms with Crippen molar-refractivity contribution in [3.8, 4) is 11.8 Å². The number of hydrogen-bond acceptors (Lipinski definition) is 5. The zero-order valence-electron chi connectivity index (χ0n) is 14.8. The molecule has 0 aliphatic heterocycles. The van der Waals surface area contributed by atoms with Crippen LogP contribution in [0.2, 0.25) is 5.02 Å². The molecule has 0 bridgehead atoms. The van der Waals surface area contributed by atoms with Crippen LogP contribution in [0.4, 0.5) is 11.4 Å². The number of rotatable bonds is 4. The van der Waals surface area contributed by atoms with Gasteiger partial charge in [0.05, 0.1) is 18.4 Å². The van der Waals surface area contributed by atoms with Crippen LogP contribution in [0.15, 0.2) is 54.7 Å². The number of hydrogen-bond donors (Lipinski definition) is 2. The summed E-state index contributed by atoms with van der Waals surface area (Å²) in [4.78, 5) is 24.4. The second kappa shape index (κ2) is 7.86. The van der Waals surface area contributed by atoms with Crippen molar-refractivity contribution in [2.45, 2.75) is 0 Å². The summed E-state index contributed by atoms with van der Waals surface area (Å²) in [5.41, 5.74) is 7.73. The smallest absolute Gasteiger partial charge is 0.357 e. The van der Waals surface area contributed by atoms with Gasteiger partial charge in [0.2, 0.25) is 0 Å². The Hall–Kier alpha value is -3.76. The Labute approximate surface area is 165 Å². The van der Waals surface area contributed by atoms with E-state index in [4.69, 9.17) is 22.1 Å². The number of aromatic nitrogens is 1. The van der Waals surface area contributed by atoms with Crippen molar-refractivity contribution in [3.63, 3.8) is 0 Å². The molecule has 140 valence electrons. The molecule has 3 rings (SSSR count). The molecular formula is C20H15ClN4O3. The maximum absolute atomic E-state index is 12.3. The molecule has 1 heterocycles. The van der Waals surface area contributed by atoms with Crippen molar-refractivity contribution >= 4 is 34.9 Å². The van der Waals surface area contributed by atoms with E-state index in [1.165, 1.54) is 17.9 Å². The molecule has 8 heteroatoms. The Bertz CT molecular complexity index is 1100. The van der Waals surface area contributed by atoms with E-state index in [9.17, 15) is 14.9 Å². The van der Waals surface area contributed by atoms with E-state index < -0.39 is 5.97 Å². The van der Waals surface area contributed by atoms with Gasteiger partial charge in [0.1, 0.15) is 6.07 Å². The largest absolute Gasteiger partial charge is 0.464 e. The van der Waals surface area contributed by atoms with Crippen molar-refractivity contribution in [2.75, 3.05) is 18.2 Å². The van der Waals surface area contributed by atoms with Crippen LogP contribution in [-0.4, -0.2) is 23.6 Å². The average Bonchev–Trinajstić information content (AvgIpc) is 3.04. The number of esters is 1. The molecule has 0 aliphatic carbocycles. The maximum Gasteiger partial charge on any atom is 0.357 e. The minimum Gasteiger partial charge on any atom is -0.464 e. The summed E-state index contributed by atoms with van der Waals surface area (Å²) < 4.78 is 6.23. The molecule has 0 atom stereocenters. The first-order valence-electron chi connectivity index (χ1n) is 8.11. The summed E-state index contributed by atoms with van der Waals surface area (Å²) in [6.07, 6.45) is 1.46. The third-order valence-electron chi connectivity index (χ3n) is 4.03. The van der Waals surface area contributed by atoms with Crippen LogP contribution < -0.4 is 11.1 Å². The number of halogens is 1. The lowest BCUT2D eigenvalue weighted by Gasteiger charge is -2.10. The number of ether oxygens (including phenoxy) is 1. The fourth-order valence-electron chi connectivity index (χ4n) is 2.66. The van der Waals surface area contributed by atoms with Gasteiger partial charge < -0.3 is 20.4 Å². The fraction of sp³-hybridized carbons (Fsp3) is 0.0500. The lowest BCUT2D eigenvalue weighted by Crippen LogP contribution is -2.12. The van der Waals surface area contributed by atoms with E-state index in [0.717, 1.165) is 0 Å². The standard InChI is InChI=1S/C20H15ClN4O3/c1-28-20(27)18-17(23)13(10-22)11-25(18)16-7-5-15(6-8-16)24-19(26)12-3-2-4-14(21)9-12/h2-9,11H,23H2,1H3,(H,24,26). The van der Waals surface area contributed by atoms with Gasteiger partial charge in [-0.3, -0.25) is 4.79 Å². The summed E-state index contributed by atoms with van der Waals surface area (Å²) in [5.74, 6) is -0.959. The highest BCUT2D eigenvalue weighted by molar-refractivity contribution is 6.31. The second-order valence-corrected chi connectivity index (χ2v) is 6.23. The van der Waals surface area contributed by atoms with E-state index in [-0.39, 0.29) is 22.9 Å². The summed E-state index contributed by atoms with van der Waals surface area (Å²) >= 11 is 5.91. The van der Waals surface area contributed by atoms with Crippen LogP contribution in [0.25, 0.3) is 5.69 Å². The minimum absolute atomic E-state index is 0.0488. The highest BCUT2D eigenvalue weighted by Gasteiger charge is 2.21. The summed E-state index contributed by atoms with van der Waals surface area (Å²) in [6, 6.07) is 15.2. The first-order valence-corrected chi connectivity index (χ1v) is 8.49. The van der Waals surface area contributed by atoms with Crippen LogP contribution in [0.3, 0.4) is 0 Å². The predicted molar refractivity (Wildman–Crippen MR) is 106 cm³/mol. The highest BCUT2D eigenvalue weighted by atomic mass is 35.5. The average molecular weight is 395 g/mol. The zero-order chi connectivity index (χ0) is 20.3. The highest BCUT2D eigenvalue weighted by Crippen LogP contribution is 2.25. The molecule has 0 aliphatic rings. The Kier molecular flexibility index (Phi) is 5.34. The fourth-order valence-corrected chi connectivity index (χ4v) is 2.85. The number of nitrogens with two attached hydrogens (primary N) is 1. The maximum atomic E-state index is 12.3. The first kappa shape index (κ1) is 19.0. The van der Waals surface area contributed by atoms with E-state index in [1.807, 2.05) is 6.07 Å². The molecule has 28 heavy (non-hydrogen) atoms. The number of nitrogens with one attached hydrogen (secondary N) is 1. The molecule has 2 aromatic carbocycles. The van der Waals surface area contributed by atoms with Gasteiger partial charge in [-0.05, 0) is 42.5 Å². The number of amides is 1. The topological polar surface area (TPSA) is 110 Å². The number of nitrogen functional groups attached to an aromatic ring is 1. The molecule has 1 amide bonds. The molecule has 0 fully saturated rings. The van der Waals surface area contributed by atoms with Gasteiger partial charge >= 0.3 is 5.97 Å². The van der Waals surface area contributed by atoms with E-state index in [1.54, 1.807) is 48.5 Å². The molecule has 7 nitrogen and oxygen atoms in total. The Morgan fingerprint density at radius 2 is 1.93 bits per heavy atom. The van der Waals surface area contributed by atoms with Gasteiger partial charge in [0.25, 0.3) is 5.91 Å². The van der Waals surface area contributed by atoms with E-state index >= 15 is 0 Å². The summed E-state index contributed by atoms with van der Waals surface area (Å²) in [6.45, 7) is 0. The molecule has 1 aromatic heterocycles.